The molecule has 1 atom stereocenters. The number of nitrogens with zero attached hydrogens (tertiary/aromatic N) is 6. The summed E-state index contributed by atoms with van der Waals surface area (Å²) < 4.78 is 3.80. The molecule has 0 unspecified atom stereocenters. The normalized spacial score (nSPS) is 20.3. The van der Waals surface area contributed by atoms with E-state index in [0.717, 1.165) is 24.5 Å². The molecule has 21 heavy (non-hydrogen) atoms. The van der Waals surface area contributed by atoms with Crippen molar-refractivity contribution in [3.8, 4) is 0 Å². The van der Waals surface area contributed by atoms with Crippen LogP contribution in [0.1, 0.15) is 37.2 Å². The predicted octanol–water partition coefficient (Wildman–Crippen LogP) is 1.88. The van der Waals surface area contributed by atoms with Crippen molar-refractivity contribution in [3.63, 3.8) is 0 Å². The number of rotatable bonds is 4. The highest BCUT2D eigenvalue weighted by atomic mass is 32.2. The summed E-state index contributed by atoms with van der Waals surface area (Å²) in [6, 6.07) is 0.777. The van der Waals surface area contributed by atoms with E-state index in [1.54, 1.807) is 0 Å². The van der Waals surface area contributed by atoms with Gasteiger partial charge in [0.15, 0.2) is 0 Å². The van der Waals surface area contributed by atoms with Crippen LogP contribution in [-0.2, 0) is 13.6 Å². The minimum Gasteiger partial charge on any atom is -0.289 e. The Bertz CT molecular complexity index is 590. The van der Waals surface area contributed by atoms with Gasteiger partial charge in [-0.25, -0.2) is 4.68 Å². The summed E-state index contributed by atoms with van der Waals surface area (Å²) in [5.41, 5.74) is 2.34. The van der Waals surface area contributed by atoms with E-state index in [4.69, 9.17) is 0 Å². The highest BCUT2D eigenvalue weighted by Crippen LogP contribution is 2.30. The molecular formula is C14H22N6S. The smallest absolute Gasteiger partial charge is 0.0967 e. The topological polar surface area (TPSA) is 51.8 Å². The van der Waals surface area contributed by atoms with E-state index >= 15 is 0 Å². The van der Waals surface area contributed by atoms with Gasteiger partial charge in [0.1, 0.15) is 0 Å². The minimum atomic E-state index is 0.359. The van der Waals surface area contributed by atoms with Crippen LogP contribution in [0.4, 0.5) is 0 Å². The molecule has 6 nitrogen and oxygen atoms in total. The maximum Gasteiger partial charge on any atom is 0.0967 e. The van der Waals surface area contributed by atoms with Crippen LogP contribution in [0.3, 0.4) is 0 Å². The Balaban J connectivity index is 1.74. The molecule has 114 valence electrons. The lowest BCUT2D eigenvalue weighted by Gasteiger charge is -2.34. The third kappa shape index (κ3) is 3.29. The Hall–Kier alpha value is -1.34. The molecule has 0 N–H and O–H groups in total. The van der Waals surface area contributed by atoms with Crippen molar-refractivity contribution in [1.82, 2.24) is 29.7 Å². The number of hydrogen-bond donors (Lipinski definition) is 0. The van der Waals surface area contributed by atoms with Crippen molar-refractivity contribution in [3.05, 3.63) is 29.8 Å². The standard InChI is InChI=1S/C14H22N6S/c1-11(2)20-9-13(16-17-20)8-19-4-5-21-10-14(19)12-6-15-18(3)7-12/h6-7,9,11,14H,4-5,8,10H2,1-3H3/t14-/m1/s1. The van der Waals surface area contributed by atoms with Gasteiger partial charge in [-0.3, -0.25) is 9.58 Å². The minimum absolute atomic E-state index is 0.359. The second-order valence-electron chi connectivity index (χ2n) is 5.79. The average Bonchev–Trinajstić information content (AvgIpc) is 3.09. The molecule has 2 aromatic heterocycles. The van der Waals surface area contributed by atoms with Crippen LogP contribution in [0.15, 0.2) is 18.6 Å². The second kappa shape index (κ2) is 6.19. The van der Waals surface area contributed by atoms with Crippen molar-refractivity contribution in [1.29, 1.82) is 0 Å². The van der Waals surface area contributed by atoms with Crippen LogP contribution < -0.4 is 0 Å². The van der Waals surface area contributed by atoms with Gasteiger partial charge in [-0.1, -0.05) is 5.21 Å². The first kappa shape index (κ1) is 14.6. The van der Waals surface area contributed by atoms with E-state index in [0.29, 0.717) is 12.1 Å². The first-order valence-electron chi connectivity index (χ1n) is 7.34. The summed E-state index contributed by atoms with van der Waals surface area (Å²) in [4.78, 5) is 2.49. The van der Waals surface area contributed by atoms with E-state index in [9.17, 15) is 0 Å². The maximum atomic E-state index is 4.31. The summed E-state index contributed by atoms with van der Waals surface area (Å²) >= 11 is 2.01. The van der Waals surface area contributed by atoms with Crippen molar-refractivity contribution in [2.24, 2.45) is 7.05 Å². The fourth-order valence-corrected chi connectivity index (χ4v) is 3.75. The number of aromatic nitrogens is 5. The molecule has 0 bridgehead atoms. The van der Waals surface area contributed by atoms with Crippen molar-refractivity contribution >= 4 is 11.8 Å². The Kier molecular flexibility index (Phi) is 4.30. The van der Waals surface area contributed by atoms with E-state index in [1.807, 2.05) is 34.4 Å². The first-order valence-corrected chi connectivity index (χ1v) is 8.50. The van der Waals surface area contributed by atoms with E-state index in [1.165, 1.54) is 11.3 Å². The van der Waals surface area contributed by atoms with E-state index < -0.39 is 0 Å². The van der Waals surface area contributed by atoms with Gasteiger partial charge in [0.05, 0.1) is 18.1 Å². The zero-order valence-corrected chi connectivity index (χ0v) is 13.6. The third-order valence-electron chi connectivity index (χ3n) is 3.80. The summed E-state index contributed by atoms with van der Waals surface area (Å²) in [6.07, 6.45) is 6.16. The summed E-state index contributed by atoms with van der Waals surface area (Å²) in [7, 11) is 1.97. The predicted molar refractivity (Wildman–Crippen MR) is 84.1 cm³/mol. The Morgan fingerprint density at radius 3 is 2.90 bits per heavy atom. The third-order valence-corrected chi connectivity index (χ3v) is 4.82. The fraction of sp³-hybridized carbons (Fsp3) is 0.643. The summed E-state index contributed by atoms with van der Waals surface area (Å²) in [5, 5.41) is 12.8. The Labute approximate surface area is 129 Å². The van der Waals surface area contributed by atoms with Gasteiger partial charge in [0.2, 0.25) is 0 Å². The lowest BCUT2D eigenvalue weighted by molar-refractivity contribution is 0.209. The average molecular weight is 306 g/mol. The van der Waals surface area contributed by atoms with Crippen LogP contribution in [-0.4, -0.2) is 47.7 Å². The van der Waals surface area contributed by atoms with Gasteiger partial charge in [-0.05, 0) is 13.8 Å². The zero-order chi connectivity index (χ0) is 14.8. The van der Waals surface area contributed by atoms with E-state index in [2.05, 4.69) is 46.6 Å². The van der Waals surface area contributed by atoms with Crippen LogP contribution in [0.2, 0.25) is 0 Å². The molecule has 0 aliphatic carbocycles. The SMILES string of the molecule is CC(C)n1cc(CN2CCSC[C@@H]2c2cnn(C)c2)nn1. The summed E-state index contributed by atoms with van der Waals surface area (Å²) in [6.45, 7) is 6.18. The highest BCUT2D eigenvalue weighted by Gasteiger charge is 2.26. The molecule has 2 aromatic rings. The molecule has 1 aliphatic rings. The number of aryl methyl sites for hydroxylation is 1. The lowest BCUT2D eigenvalue weighted by atomic mass is 10.1. The number of hydrogen-bond acceptors (Lipinski definition) is 5. The quantitative estimate of drug-likeness (QED) is 0.863. The first-order chi connectivity index (χ1) is 10.1. The van der Waals surface area contributed by atoms with Crippen molar-refractivity contribution in [2.75, 3.05) is 18.1 Å². The van der Waals surface area contributed by atoms with Crippen LogP contribution in [0, 0.1) is 0 Å². The number of thioether (sulfide) groups is 1. The van der Waals surface area contributed by atoms with Gasteiger partial charge in [0.25, 0.3) is 0 Å². The van der Waals surface area contributed by atoms with E-state index in [-0.39, 0.29) is 0 Å². The fourth-order valence-electron chi connectivity index (χ4n) is 2.59. The molecule has 0 spiro atoms. The van der Waals surface area contributed by atoms with Gasteiger partial charge in [0, 0.05) is 55.5 Å². The Morgan fingerprint density at radius 1 is 1.38 bits per heavy atom. The summed E-state index contributed by atoms with van der Waals surface area (Å²) in [5.74, 6) is 2.29. The van der Waals surface area contributed by atoms with Gasteiger partial charge >= 0.3 is 0 Å². The lowest BCUT2D eigenvalue weighted by Crippen LogP contribution is -2.35. The zero-order valence-electron chi connectivity index (χ0n) is 12.8. The Morgan fingerprint density at radius 2 is 2.24 bits per heavy atom. The monoisotopic (exact) mass is 306 g/mol. The molecule has 3 rings (SSSR count). The van der Waals surface area contributed by atoms with Crippen molar-refractivity contribution < 1.29 is 0 Å². The van der Waals surface area contributed by atoms with Crippen LogP contribution in [0.5, 0.6) is 0 Å². The molecular weight excluding hydrogens is 284 g/mol. The van der Waals surface area contributed by atoms with Crippen LogP contribution in [0.25, 0.3) is 0 Å². The molecule has 0 saturated carbocycles. The maximum absolute atomic E-state index is 4.31. The largest absolute Gasteiger partial charge is 0.289 e. The molecule has 0 radical (unpaired) electrons. The van der Waals surface area contributed by atoms with Crippen LogP contribution >= 0.6 is 11.8 Å². The molecule has 7 heteroatoms. The van der Waals surface area contributed by atoms with Gasteiger partial charge in [-0.15, -0.1) is 5.10 Å². The molecule has 1 fully saturated rings. The second-order valence-corrected chi connectivity index (χ2v) is 6.94. The van der Waals surface area contributed by atoms with Gasteiger partial charge < -0.3 is 0 Å². The van der Waals surface area contributed by atoms with Crippen molar-refractivity contribution in [2.45, 2.75) is 32.5 Å². The van der Waals surface area contributed by atoms with Gasteiger partial charge in [-0.2, -0.15) is 16.9 Å². The molecule has 3 heterocycles. The highest BCUT2D eigenvalue weighted by molar-refractivity contribution is 7.99. The molecule has 0 amide bonds. The molecule has 0 aromatic carbocycles. The molecule has 1 saturated heterocycles. The molecule has 1 aliphatic heterocycles.